The van der Waals surface area contributed by atoms with E-state index in [-0.39, 0.29) is 0 Å². The van der Waals surface area contributed by atoms with Crippen LogP contribution in [0.2, 0.25) is 0 Å². The fourth-order valence-electron chi connectivity index (χ4n) is 2.42. The predicted molar refractivity (Wildman–Crippen MR) is 83.7 cm³/mol. The number of hydrogen-bond donors (Lipinski definition) is 3. The summed E-state index contributed by atoms with van der Waals surface area (Å²) >= 11 is 0. The van der Waals surface area contributed by atoms with Crippen LogP contribution >= 0.6 is 0 Å². The van der Waals surface area contributed by atoms with Crippen molar-refractivity contribution in [2.75, 3.05) is 16.8 Å². The minimum Gasteiger partial charge on any atom is -0.397 e. The lowest BCUT2D eigenvalue weighted by Gasteiger charge is -2.18. The van der Waals surface area contributed by atoms with Gasteiger partial charge in [-0.2, -0.15) is 0 Å². The topological polar surface area (TPSA) is 64.1 Å². The van der Waals surface area contributed by atoms with Gasteiger partial charge in [-0.25, -0.2) is 0 Å². The van der Waals surface area contributed by atoms with Crippen molar-refractivity contribution < 1.29 is 0 Å². The van der Waals surface area contributed by atoms with Crippen LogP contribution in [-0.4, -0.2) is 0 Å². The highest BCUT2D eigenvalue weighted by Crippen LogP contribution is 2.33. The van der Waals surface area contributed by atoms with Crippen LogP contribution in [0.3, 0.4) is 0 Å². The molecule has 0 aromatic heterocycles. The maximum atomic E-state index is 6.08. The smallest absolute Gasteiger partial charge is 0.0584 e. The van der Waals surface area contributed by atoms with E-state index in [0.717, 1.165) is 35.5 Å². The van der Waals surface area contributed by atoms with Gasteiger partial charge in [0.2, 0.25) is 0 Å². The number of nitrogen functional groups attached to an aromatic ring is 2. The maximum Gasteiger partial charge on any atom is 0.0584 e. The summed E-state index contributed by atoms with van der Waals surface area (Å²) in [7, 11) is 0. The Kier molecular flexibility index (Phi) is 3.95. The van der Waals surface area contributed by atoms with E-state index in [2.05, 4.69) is 19.2 Å². The van der Waals surface area contributed by atoms with Crippen molar-refractivity contribution in [3.05, 3.63) is 47.5 Å². The molecule has 2 aromatic rings. The van der Waals surface area contributed by atoms with Crippen LogP contribution in [0.1, 0.15) is 25.0 Å². The molecule has 0 radical (unpaired) electrons. The zero-order chi connectivity index (χ0) is 13.8. The number of nitrogens with one attached hydrogen (secondary N) is 1. The normalized spacial score (nSPS) is 10.4. The third-order valence-corrected chi connectivity index (χ3v) is 3.39. The molecule has 0 aliphatic heterocycles. The highest BCUT2D eigenvalue weighted by molar-refractivity contribution is 5.79. The summed E-state index contributed by atoms with van der Waals surface area (Å²) in [4.78, 5) is 0. The van der Waals surface area contributed by atoms with E-state index in [0.29, 0.717) is 5.69 Å². The van der Waals surface area contributed by atoms with E-state index in [4.69, 9.17) is 11.5 Å². The second-order valence-corrected chi connectivity index (χ2v) is 4.58. The molecule has 0 bridgehead atoms. The standard InChI is InChI=1S/C16H21N3/c1-3-12-13(4-2)16(18)14(17)10-15(12)19-11-8-6-5-7-9-11/h5-10,19H,3-4,17-18H2,1-2H3. The van der Waals surface area contributed by atoms with Crippen molar-refractivity contribution in [1.29, 1.82) is 0 Å². The molecular formula is C16H21N3. The molecule has 2 rings (SSSR count). The minimum atomic E-state index is 0.646. The number of hydrogen-bond acceptors (Lipinski definition) is 3. The highest BCUT2D eigenvalue weighted by atomic mass is 14.9. The molecule has 3 heteroatoms. The Morgan fingerprint density at radius 1 is 0.947 bits per heavy atom. The molecule has 2 aromatic carbocycles. The summed E-state index contributed by atoms with van der Waals surface area (Å²) < 4.78 is 0. The SMILES string of the molecule is CCc1c(Nc2ccccc2)cc(N)c(N)c1CC. The Labute approximate surface area is 114 Å². The van der Waals surface area contributed by atoms with Crippen LogP contribution in [0.25, 0.3) is 0 Å². The van der Waals surface area contributed by atoms with Crippen LogP contribution in [0.4, 0.5) is 22.7 Å². The summed E-state index contributed by atoms with van der Waals surface area (Å²) in [6.45, 7) is 4.25. The van der Waals surface area contributed by atoms with Crippen LogP contribution in [0, 0.1) is 0 Å². The summed E-state index contributed by atoms with van der Waals surface area (Å²) in [5.41, 5.74) is 18.0. The monoisotopic (exact) mass is 255 g/mol. The van der Waals surface area contributed by atoms with Crippen molar-refractivity contribution in [2.24, 2.45) is 0 Å². The molecule has 0 fully saturated rings. The molecule has 0 saturated carbocycles. The van der Waals surface area contributed by atoms with Gasteiger partial charge in [-0.05, 0) is 42.2 Å². The van der Waals surface area contributed by atoms with Gasteiger partial charge in [0.05, 0.1) is 11.4 Å². The first-order valence-electron chi connectivity index (χ1n) is 6.69. The van der Waals surface area contributed by atoms with E-state index in [1.54, 1.807) is 0 Å². The average molecular weight is 255 g/mol. The molecule has 3 nitrogen and oxygen atoms in total. The van der Waals surface area contributed by atoms with E-state index < -0.39 is 0 Å². The fourth-order valence-corrected chi connectivity index (χ4v) is 2.42. The second-order valence-electron chi connectivity index (χ2n) is 4.58. The van der Waals surface area contributed by atoms with Gasteiger partial charge < -0.3 is 16.8 Å². The lowest BCUT2D eigenvalue weighted by Crippen LogP contribution is -2.06. The van der Waals surface area contributed by atoms with Gasteiger partial charge in [-0.15, -0.1) is 0 Å². The molecule has 0 unspecified atom stereocenters. The van der Waals surface area contributed by atoms with Gasteiger partial charge in [0.25, 0.3) is 0 Å². The van der Waals surface area contributed by atoms with Crippen LogP contribution in [-0.2, 0) is 12.8 Å². The van der Waals surface area contributed by atoms with Gasteiger partial charge in [0.15, 0.2) is 0 Å². The first-order valence-corrected chi connectivity index (χ1v) is 6.69. The molecule has 100 valence electrons. The Morgan fingerprint density at radius 3 is 2.16 bits per heavy atom. The third kappa shape index (κ3) is 2.65. The quantitative estimate of drug-likeness (QED) is 0.729. The molecule has 0 heterocycles. The third-order valence-electron chi connectivity index (χ3n) is 3.39. The summed E-state index contributed by atoms with van der Waals surface area (Å²) in [6.07, 6.45) is 1.83. The molecule has 0 saturated heterocycles. The number of rotatable bonds is 4. The molecule has 5 N–H and O–H groups in total. The fraction of sp³-hybridized carbons (Fsp3) is 0.250. The number of benzene rings is 2. The number of nitrogens with two attached hydrogens (primary N) is 2. The second kappa shape index (κ2) is 5.65. The lowest BCUT2D eigenvalue weighted by atomic mass is 9.97. The zero-order valence-electron chi connectivity index (χ0n) is 11.5. The molecular weight excluding hydrogens is 234 g/mol. The van der Waals surface area contributed by atoms with Crippen LogP contribution in [0.15, 0.2) is 36.4 Å². The molecule has 0 spiro atoms. The zero-order valence-corrected chi connectivity index (χ0v) is 11.5. The van der Waals surface area contributed by atoms with Crippen molar-refractivity contribution in [3.63, 3.8) is 0 Å². The maximum absolute atomic E-state index is 6.08. The summed E-state index contributed by atoms with van der Waals surface area (Å²) in [5, 5.41) is 3.43. The average Bonchev–Trinajstić information content (AvgIpc) is 2.43. The van der Waals surface area contributed by atoms with E-state index in [1.807, 2.05) is 36.4 Å². The Bertz CT molecular complexity index is 562. The predicted octanol–water partition coefficient (Wildman–Crippen LogP) is 3.72. The Hall–Kier alpha value is -2.16. The van der Waals surface area contributed by atoms with Gasteiger partial charge in [-0.1, -0.05) is 32.0 Å². The van der Waals surface area contributed by atoms with Crippen LogP contribution in [0.5, 0.6) is 0 Å². The van der Waals surface area contributed by atoms with Gasteiger partial charge in [0, 0.05) is 11.4 Å². The van der Waals surface area contributed by atoms with Gasteiger partial charge in [0.1, 0.15) is 0 Å². The minimum absolute atomic E-state index is 0.646. The molecule has 0 aliphatic carbocycles. The van der Waals surface area contributed by atoms with E-state index in [1.165, 1.54) is 5.56 Å². The lowest BCUT2D eigenvalue weighted by molar-refractivity contribution is 1.04. The van der Waals surface area contributed by atoms with Gasteiger partial charge >= 0.3 is 0 Å². The molecule has 0 atom stereocenters. The van der Waals surface area contributed by atoms with E-state index >= 15 is 0 Å². The van der Waals surface area contributed by atoms with Crippen molar-refractivity contribution in [2.45, 2.75) is 26.7 Å². The first-order chi connectivity index (χ1) is 9.17. The summed E-state index contributed by atoms with van der Waals surface area (Å²) in [5.74, 6) is 0. The largest absolute Gasteiger partial charge is 0.397 e. The molecule has 19 heavy (non-hydrogen) atoms. The van der Waals surface area contributed by atoms with Crippen LogP contribution < -0.4 is 16.8 Å². The summed E-state index contributed by atoms with van der Waals surface area (Å²) in [6, 6.07) is 12.0. The number of para-hydroxylation sites is 1. The van der Waals surface area contributed by atoms with Crippen molar-refractivity contribution in [1.82, 2.24) is 0 Å². The van der Waals surface area contributed by atoms with E-state index in [9.17, 15) is 0 Å². The first kappa shape index (κ1) is 13.3. The Balaban J connectivity index is 2.48. The van der Waals surface area contributed by atoms with Crippen molar-refractivity contribution in [3.8, 4) is 0 Å². The van der Waals surface area contributed by atoms with Gasteiger partial charge in [-0.3, -0.25) is 0 Å². The molecule has 0 amide bonds. The highest BCUT2D eigenvalue weighted by Gasteiger charge is 2.12. The molecule has 0 aliphatic rings. The Morgan fingerprint density at radius 2 is 1.58 bits per heavy atom. The van der Waals surface area contributed by atoms with Crippen molar-refractivity contribution >= 4 is 22.7 Å². The number of anilines is 4.